The maximum atomic E-state index is 4.48. The highest BCUT2D eigenvalue weighted by molar-refractivity contribution is 8.00. The van der Waals surface area contributed by atoms with Crippen molar-refractivity contribution in [2.45, 2.75) is 44.9 Å². The van der Waals surface area contributed by atoms with E-state index in [0.717, 1.165) is 11.5 Å². The number of pyridine rings is 1. The van der Waals surface area contributed by atoms with E-state index in [-0.39, 0.29) is 0 Å². The standard InChI is InChI=1S/C23H26N2S/c1-4-5-8-19-10-12-20(13-11-19)21-14-15-22(17(2)16-21)26-25-23-9-6-7-18(3)24-23/h6-7,9-16H,4-5,8H2,1-3H3,(H,24,25). The molecule has 0 aliphatic carbocycles. The van der Waals surface area contributed by atoms with E-state index in [0.29, 0.717) is 0 Å². The van der Waals surface area contributed by atoms with Crippen molar-refractivity contribution in [3.63, 3.8) is 0 Å². The van der Waals surface area contributed by atoms with Gasteiger partial charge in [-0.05, 0) is 79.1 Å². The number of rotatable bonds is 7. The maximum Gasteiger partial charge on any atom is 0.136 e. The van der Waals surface area contributed by atoms with E-state index in [9.17, 15) is 0 Å². The number of nitrogens with one attached hydrogen (secondary N) is 1. The molecule has 0 aliphatic rings. The number of nitrogens with zero attached hydrogens (tertiary/aromatic N) is 1. The molecule has 0 fully saturated rings. The summed E-state index contributed by atoms with van der Waals surface area (Å²) in [5, 5.41) is 0. The van der Waals surface area contributed by atoms with Gasteiger partial charge in [0.1, 0.15) is 5.82 Å². The number of unbranched alkanes of at least 4 members (excludes halogenated alkanes) is 1. The largest absolute Gasteiger partial charge is 0.310 e. The van der Waals surface area contributed by atoms with Crippen LogP contribution in [0.3, 0.4) is 0 Å². The van der Waals surface area contributed by atoms with E-state index >= 15 is 0 Å². The van der Waals surface area contributed by atoms with E-state index in [2.05, 4.69) is 66.0 Å². The van der Waals surface area contributed by atoms with Crippen molar-refractivity contribution >= 4 is 17.8 Å². The van der Waals surface area contributed by atoms with Crippen LogP contribution >= 0.6 is 11.9 Å². The molecular weight excluding hydrogens is 336 g/mol. The Balaban J connectivity index is 1.68. The Morgan fingerprint density at radius 1 is 0.923 bits per heavy atom. The van der Waals surface area contributed by atoms with Crippen molar-refractivity contribution in [2.75, 3.05) is 4.72 Å². The summed E-state index contributed by atoms with van der Waals surface area (Å²) in [6.07, 6.45) is 3.67. The molecule has 0 saturated carbocycles. The minimum absolute atomic E-state index is 0.890. The number of aryl methyl sites for hydroxylation is 3. The second-order valence-corrected chi connectivity index (χ2v) is 7.50. The van der Waals surface area contributed by atoms with Gasteiger partial charge >= 0.3 is 0 Å². The van der Waals surface area contributed by atoms with Crippen molar-refractivity contribution in [1.82, 2.24) is 4.98 Å². The molecule has 3 aromatic rings. The Kier molecular flexibility index (Phi) is 6.35. The van der Waals surface area contributed by atoms with Gasteiger partial charge in [-0.3, -0.25) is 0 Å². The third-order valence-electron chi connectivity index (χ3n) is 4.44. The van der Waals surface area contributed by atoms with Crippen LogP contribution in [0.5, 0.6) is 0 Å². The van der Waals surface area contributed by atoms with Crippen molar-refractivity contribution in [2.24, 2.45) is 0 Å². The molecule has 0 aliphatic heterocycles. The van der Waals surface area contributed by atoms with Gasteiger partial charge in [-0.2, -0.15) is 0 Å². The summed E-state index contributed by atoms with van der Waals surface area (Å²) in [5.41, 5.74) is 6.25. The van der Waals surface area contributed by atoms with Crippen molar-refractivity contribution < 1.29 is 0 Å². The third-order valence-corrected chi connectivity index (χ3v) is 5.42. The number of anilines is 1. The summed E-state index contributed by atoms with van der Waals surface area (Å²) >= 11 is 1.61. The molecule has 0 spiro atoms. The second kappa shape index (κ2) is 8.91. The molecule has 0 unspecified atom stereocenters. The van der Waals surface area contributed by atoms with Crippen LogP contribution in [0.15, 0.2) is 65.6 Å². The molecular formula is C23H26N2S. The third kappa shape index (κ3) is 4.89. The predicted octanol–water partition coefficient (Wildman–Crippen LogP) is 6.83. The van der Waals surface area contributed by atoms with Crippen LogP contribution < -0.4 is 4.72 Å². The summed E-state index contributed by atoms with van der Waals surface area (Å²) in [4.78, 5) is 5.70. The van der Waals surface area contributed by atoms with Crippen LogP contribution in [-0.2, 0) is 6.42 Å². The Labute approximate surface area is 161 Å². The minimum Gasteiger partial charge on any atom is -0.310 e. The Bertz CT molecular complexity index is 856. The molecule has 134 valence electrons. The van der Waals surface area contributed by atoms with Gasteiger partial charge in [0.05, 0.1) is 0 Å². The molecule has 3 rings (SSSR count). The van der Waals surface area contributed by atoms with Gasteiger partial charge in [0.25, 0.3) is 0 Å². The SMILES string of the molecule is CCCCc1ccc(-c2ccc(SNc3cccc(C)n3)c(C)c2)cc1. The van der Waals surface area contributed by atoms with E-state index in [1.807, 2.05) is 25.1 Å². The van der Waals surface area contributed by atoms with Gasteiger partial charge in [-0.1, -0.05) is 55.8 Å². The van der Waals surface area contributed by atoms with Crippen LogP contribution in [-0.4, -0.2) is 4.98 Å². The number of aromatic nitrogens is 1. The highest BCUT2D eigenvalue weighted by atomic mass is 32.2. The van der Waals surface area contributed by atoms with Crippen molar-refractivity contribution in [3.8, 4) is 11.1 Å². The van der Waals surface area contributed by atoms with Crippen LogP contribution in [0.1, 0.15) is 36.6 Å². The summed E-state index contributed by atoms with van der Waals surface area (Å²) in [7, 11) is 0. The van der Waals surface area contributed by atoms with E-state index in [4.69, 9.17) is 0 Å². The van der Waals surface area contributed by atoms with Crippen LogP contribution in [0.2, 0.25) is 0 Å². The molecule has 0 saturated heterocycles. The summed E-state index contributed by atoms with van der Waals surface area (Å²) in [6, 6.07) is 21.6. The van der Waals surface area contributed by atoms with Crippen LogP contribution in [0.4, 0.5) is 5.82 Å². The fourth-order valence-electron chi connectivity index (χ4n) is 2.90. The zero-order valence-corrected chi connectivity index (χ0v) is 16.6. The molecule has 0 radical (unpaired) electrons. The quantitative estimate of drug-likeness (QED) is 0.466. The Hall–Kier alpha value is -2.26. The van der Waals surface area contributed by atoms with Crippen molar-refractivity contribution in [3.05, 3.63) is 77.5 Å². The highest BCUT2D eigenvalue weighted by Gasteiger charge is 2.05. The molecule has 3 heteroatoms. The fourth-order valence-corrected chi connectivity index (χ4v) is 3.58. The average molecular weight is 363 g/mol. The fraction of sp³-hybridized carbons (Fsp3) is 0.261. The Morgan fingerprint density at radius 3 is 2.38 bits per heavy atom. The smallest absolute Gasteiger partial charge is 0.136 e. The monoisotopic (exact) mass is 362 g/mol. The first-order chi connectivity index (χ1) is 12.7. The van der Waals surface area contributed by atoms with Gasteiger partial charge in [0.15, 0.2) is 0 Å². The minimum atomic E-state index is 0.890. The number of benzene rings is 2. The lowest BCUT2D eigenvalue weighted by atomic mass is 10.0. The zero-order valence-electron chi connectivity index (χ0n) is 15.8. The van der Waals surface area contributed by atoms with Gasteiger partial charge in [-0.15, -0.1) is 0 Å². The lowest BCUT2D eigenvalue weighted by Gasteiger charge is -2.10. The number of hydrogen-bond donors (Lipinski definition) is 1. The first kappa shape index (κ1) is 18.5. The molecule has 1 heterocycles. The molecule has 0 amide bonds. The van der Waals surface area contributed by atoms with Crippen LogP contribution in [0.25, 0.3) is 11.1 Å². The van der Waals surface area contributed by atoms with Crippen LogP contribution in [0, 0.1) is 13.8 Å². The van der Waals surface area contributed by atoms with E-state index < -0.39 is 0 Å². The van der Waals surface area contributed by atoms with Crippen molar-refractivity contribution in [1.29, 1.82) is 0 Å². The van der Waals surface area contributed by atoms with Gasteiger partial charge in [-0.25, -0.2) is 4.98 Å². The molecule has 26 heavy (non-hydrogen) atoms. The summed E-state index contributed by atoms with van der Waals surface area (Å²) in [5.74, 6) is 0.890. The Morgan fingerprint density at radius 2 is 1.69 bits per heavy atom. The zero-order chi connectivity index (χ0) is 18.4. The van der Waals surface area contributed by atoms with E-state index in [1.54, 1.807) is 11.9 Å². The predicted molar refractivity (Wildman–Crippen MR) is 114 cm³/mol. The maximum absolute atomic E-state index is 4.48. The lowest BCUT2D eigenvalue weighted by Crippen LogP contribution is -1.93. The molecule has 2 aromatic carbocycles. The first-order valence-electron chi connectivity index (χ1n) is 9.22. The molecule has 0 atom stereocenters. The normalized spacial score (nSPS) is 10.7. The first-order valence-corrected chi connectivity index (χ1v) is 10.0. The average Bonchev–Trinajstić information content (AvgIpc) is 2.66. The second-order valence-electron chi connectivity index (χ2n) is 6.65. The molecule has 1 aromatic heterocycles. The lowest BCUT2D eigenvalue weighted by molar-refractivity contribution is 0.795. The molecule has 0 bridgehead atoms. The molecule has 1 N–H and O–H groups in total. The molecule has 2 nitrogen and oxygen atoms in total. The summed E-state index contributed by atoms with van der Waals surface area (Å²) < 4.78 is 3.33. The summed E-state index contributed by atoms with van der Waals surface area (Å²) in [6.45, 7) is 6.40. The van der Waals surface area contributed by atoms with E-state index in [1.165, 1.54) is 46.4 Å². The van der Waals surface area contributed by atoms with Gasteiger partial charge in [0, 0.05) is 10.6 Å². The topological polar surface area (TPSA) is 24.9 Å². The van der Waals surface area contributed by atoms with Gasteiger partial charge in [0.2, 0.25) is 0 Å². The highest BCUT2D eigenvalue weighted by Crippen LogP contribution is 2.28. The number of hydrogen-bond acceptors (Lipinski definition) is 3. The van der Waals surface area contributed by atoms with Gasteiger partial charge < -0.3 is 4.72 Å².